The van der Waals surface area contributed by atoms with Crippen molar-refractivity contribution < 1.29 is 14.3 Å². The van der Waals surface area contributed by atoms with Gasteiger partial charge in [-0.15, -0.1) is 0 Å². The Morgan fingerprint density at radius 2 is 2.00 bits per heavy atom. The molecule has 1 aromatic rings. The number of hydrazone groups is 1. The number of hydrogen-bond acceptors (Lipinski definition) is 7. The highest BCUT2D eigenvalue weighted by atomic mass is 16.5. The second-order valence-electron chi connectivity index (χ2n) is 6.91. The van der Waals surface area contributed by atoms with Crippen LogP contribution in [0.15, 0.2) is 14.7 Å². The van der Waals surface area contributed by atoms with Gasteiger partial charge in [0.05, 0.1) is 6.61 Å². The minimum atomic E-state index is -0.771. The van der Waals surface area contributed by atoms with Gasteiger partial charge in [-0.1, -0.05) is 13.8 Å². The number of amides is 2. The van der Waals surface area contributed by atoms with Gasteiger partial charge in [0, 0.05) is 40.1 Å². The van der Waals surface area contributed by atoms with Gasteiger partial charge < -0.3 is 10.5 Å². The van der Waals surface area contributed by atoms with Crippen LogP contribution >= 0.6 is 0 Å². The summed E-state index contributed by atoms with van der Waals surface area (Å²) in [6.45, 7) is 4.23. The lowest BCUT2D eigenvalue weighted by Gasteiger charge is -2.27. The molecular formula is C17H26N6O5. The number of rotatable bonds is 7. The molecule has 11 nitrogen and oxygen atoms in total. The number of aromatic nitrogens is 2. The molecule has 28 heavy (non-hydrogen) atoms. The van der Waals surface area contributed by atoms with Gasteiger partial charge in [-0.2, -0.15) is 5.10 Å². The highest BCUT2D eigenvalue weighted by Crippen LogP contribution is 2.20. The number of ether oxygens (including phenoxy) is 1. The lowest BCUT2D eigenvalue weighted by atomic mass is 10.1. The number of methoxy groups -OCH3 is 1. The molecule has 1 aliphatic heterocycles. The molecule has 0 saturated heterocycles. The Morgan fingerprint density at radius 1 is 1.32 bits per heavy atom. The maximum atomic E-state index is 13.1. The van der Waals surface area contributed by atoms with E-state index in [0.29, 0.717) is 0 Å². The first-order chi connectivity index (χ1) is 13.2. The van der Waals surface area contributed by atoms with E-state index in [1.807, 2.05) is 13.8 Å². The third-order valence-electron chi connectivity index (χ3n) is 4.25. The topological polar surface area (TPSA) is 143 Å². The summed E-state index contributed by atoms with van der Waals surface area (Å²) in [5.74, 6) is -0.789. The number of H-pyrrole nitrogens is 1. The van der Waals surface area contributed by atoms with Crippen molar-refractivity contribution in [1.29, 1.82) is 0 Å². The number of carbonyl (C=O) groups excluding carboxylic acids is 2. The summed E-state index contributed by atoms with van der Waals surface area (Å²) in [6, 6.07) is 0. The molecule has 0 saturated carbocycles. The van der Waals surface area contributed by atoms with E-state index in [2.05, 4.69) is 10.1 Å². The average molecular weight is 394 g/mol. The fraction of sp³-hybridized carbons (Fsp3) is 0.588. The van der Waals surface area contributed by atoms with Crippen molar-refractivity contribution in [3.8, 4) is 0 Å². The van der Waals surface area contributed by atoms with Crippen LogP contribution < -0.4 is 21.9 Å². The number of nitrogens with two attached hydrogens (primary N) is 1. The van der Waals surface area contributed by atoms with Gasteiger partial charge in [-0.05, 0) is 5.92 Å². The first-order valence-corrected chi connectivity index (χ1v) is 8.94. The minimum Gasteiger partial charge on any atom is -0.383 e. The van der Waals surface area contributed by atoms with Crippen LogP contribution in [0.4, 0.5) is 11.5 Å². The molecule has 1 aliphatic rings. The van der Waals surface area contributed by atoms with Crippen LogP contribution in [0.2, 0.25) is 0 Å². The van der Waals surface area contributed by atoms with Gasteiger partial charge in [0.15, 0.2) is 5.69 Å². The second kappa shape index (κ2) is 8.83. The fourth-order valence-corrected chi connectivity index (χ4v) is 2.86. The number of anilines is 2. The Kier molecular flexibility index (Phi) is 6.73. The van der Waals surface area contributed by atoms with E-state index in [1.165, 1.54) is 18.7 Å². The van der Waals surface area contributed by atoms with E-state index >= 15 is 0 Å². The number of nitrogens with one attached hydrogen (secondary N) is 1. The van der Waals surface area contributed by atoms with Gasteiger partial charge in [0.1, 0.15) is 11.5 Å². The molecule has 0 unspecified atom stereocenters. The predicted molar refractivity (Wildman–Crippen MR) is 104 cm³/mol. The third kappa shape index (κ3) is 4.47. The van der Waals surface area contributed by atoms with Crippen LogP contribution in [-0.2, 0) is 20.9 Å². The largest absolute Gasteiger partial charge is 0.383 e. The normalized spacial score (nSPS) is 14.4. The molecule has 1 aromatic heterocycles. The quantitative estimate of drug-likeness (QED) is 0.630. The van der Waals surface area contributed by atoms with E-state index in [4.69, 9.17) is 10.5 Å². The zero-order valence-corrected chi connectivity index (χ0v) is 16.5. The maximum absolute atomic E-state index is 13.1. The molecule has 0 radical (unpaired) electrons. The SMILES string of the molecule is COCCN(C(=O)C1=NN(C)C(=O)CC1)c1c(N)n(CC(C)C)c(=O)[nH]c1=O. The van der Waals surface area contributed by atoms with Gasteiger partial charge in [0.25, 0.3) is 11.5 Å². The summed E-state index contributed by atoms with van der Waals surface area (Å²) in [4.78, 5) is 52.8. The van der Waals surface area contributed by atoms with Gasteiger partial charge in [0.2, 0.25) is 5.91 Å². The number of hydrogen-bond donors (Lipinski definition) is 2. The Bertz CT molecular complexity index is 900. The zero-order valence-electron chi connectivity index (χ0n) is 16.5. The van der Waals surface area contributed by atoms with E-state index < -0.39 is 17.2 Å². The summed E-state index contributed by atoms with van der Waals surface area (Å²) in [5, 5.41) is 5.11. The highest BCUT2D eigenvalue weighted by Gasteiger charge is 2.30. The van der Waals surface area contributed by atoms with Crippen LogP contribution in [0.3, 0.4) is 0 Å². The van der Waals surface area contributed by atoms with Gasteiger partial charge >= 0.3 is 5.69 Å². The predicted octanol–water partition coefficient (Wildman–Crippen LogP) is -0.638. The molecule has 11 heteroatoms. The molecule has 0 spiro atoms. The standard InChI is InChI=1S/C17H26N6O5/c1-10(2)9-23-14(18)13(15(25)19-17(23)27)22(7-8-28-4)16(26)11-5-6-12(24)21(3)20-11/h10H,5-9,18H2,1-4H3,(H,19,25,27). The van der Waals surface area contributed by atoms with Crippen LogP contribution in [0.25, 0.3) is 0 Å². The van der Waals surface area contributed by atoms with Crippen molar-refractivity contribution in [2.45, 2.75) is 33.2 Å². The van der Waals surface area contributed by atoms with Crippen molar-refractivity contribution in [1.82, 2.24) is 14.6 Å². The van der Waals surface area contributed by atoms with Crippen molar-refractivity contribution in [2.24, 2.45) is 11.0 Å². The summed E-state index contributed by atoms with van der Waals surface area (Å²) in [6.07, 6.45) is 0.285. The molecule has 0 aromatic carbocycles. The summed E-state index contributed by atoms with van der Waals surface area (Å²) in [5.41, 5.74) is 4.71. The lowest BCUT2D eigenvalue weighted by Crippen LogP contribution is -2.46. The number of aromatic amines is 1. The monoisotopic (exact) mass is 394 g/mol. The number of carbonyl (C=O) groups is 2. The molecule has 3 N–H and O–H groups in total. The Morgan fingerprint density at radius 3 is 2.57 bits per heavy atom. The molecule has 2 amide bonds. The molecular weight excluding hydrogens is 368 g/mol. The number of nitrogen functional groups attached to an aromatic ring is 1. The molecule has 154 valence electrons. The van der Waals surface area contributed by atoms with Crippen molar-refractivity contribution in [3.05, 3.63) is 20.8 Å². The lowest BCUT2D eigenvalue weighted by molar-refractivity contribution is -0.130. The summed E-state index contributed by atoms with van der Waals surface area (Å²) in [7, 11) is 2.92. The Balaban J connectivity index is 2.56. The van der Waals surface area contributed by atoms with Crippen molar-refractivity contribution in [3.63, 3.8) is 0 Å². The minimum absolute atomic E-state index is 0.0270. The number of nitrogens with zero attached hydrogens (tertiary/aromatic N) is 4. The van der Waals surface area contributed by atoms with Crippen LogP contribution in [-0.4, -0.2) is 59.4 Å². The van der Waals surface area contributed by atoms with E-state index in [-0.39, 0.29) is 61.6 Å². The molecule has 0 fully saturated rings. The molecule has 2 heterocycles. The van der Waals surface area contributed by atoms with Crippen molar-refractivity contribution >= 4 is 29.0 Å². The van der Waals surface area contributed by atoms with E-state index in [9.17, 15) is 19.2 Å². The second-order valence-corrected chi connectivity index (χ2v) is 6.91. The summed E-state index contributed by atoms with van der Waals surface area (Å²) >= 11 is 0. The first-order valence-electron chi connectivity index (χ1n) is 8.94. The van der Waals surface area contributed by atoms with Gasteiger partial charge in [-0.25, -0.2) is 9.80 Å². The van der Waals surface area contributed by atoms with Crippen LogP contribution in [0.1, 0.15) is 26.7 Å². The van der Waals surface area contributed by atoms with E-state index in [1.54, 1.807) is 0 Å². The third-order valence-corrected chi connectivity index (χ3v) is 4.25. The first kappa shape index (κ1) is 21.4. The molecule has 0 aliphatic carbocycles. The molecule has 0 bridgehead atoms. The highest BCUT2D eigenvalue weighted by molar-refractivity contribution is 6.44. The zero-order chi connectivity index (χ0) is 21.0. The van der Waals surface area contributed by atoms with Crippen LogP contribution in [0, 0.1) is 5.92 Å². The summed E-state index contributed by atoms with van der Waals surface area (Å²) < 4.78 is 6.28. The average Bonchev–Trinajstić information content (AvgIpc) is 2.62. The van der Waals surface area contributed by atoms with E-state index in [0.717, 1.165) is 9.91 Å². The molecule has 0 atom stereocenters. The maximum Gasteiger partial charge on any atom is 0.330 e. The van der Waals surface area contributed by atoms with Crippen LogP contribution in [0.5, 0.6) is 0 Å². The molecule has 2 rings (SSSR count). The van der Waals surface area contributed by atoms with Crippen molar-refractivity contribution in [2.75, 3.05) is 37.9 Å². The fourth-order valence-electron chi connectivity index (χ4n) is 2.86. The Labute approximate surface area is 161 Å². The smallest absolute Gasteiger partial charge is 0.330 e. The van der Waals surface area contributed by atoms with Gasteiger partial charge in [-0.3, -0.25) is 28.8 Å². The Hall–Kier alpha value is -2.95.